The van der Waals surface area contributed by atoms with Crippen molar-refractivity contribution in [1.82, 2.24) is 0 Å². The summed E-state index contributed by atoms with van der Waals surface area (Å²) in [7, 11) is 0. The van der Waals surface area contributed by atoms with Gasteiger partial charge in [-0.25, -0.2) is 0 Å². The molecule has 3 aliphatic carbocycles. The molecule has 3 aliphatic rings. The fourth-order valence-corrected chi connectivity index (χ4v) is 10.7. The molecule has 1 saturated carbocycles. The van der Waals surface area contributed by atoms with Crippen LogP contribution in [0.1, 0.15) is 61.8 Å². The van der Waals surface area contributed by atoms with Gasteiger partial charge in [-0.05, 0) is 127 Å². The zero-order valence-electron chi connectivity index (χ0n) is 31.5. The molecule has 55 heavy (non-hydrogen) atoms. The number of hydrogen-bond acceptors (Lipinski definition) is 1. The van der Waals surface area contributed by atoms with Crippen LogP contribution in [-0.2, 0) is 10.8 Å². The first-order chi connectivity index (χ1) is 27.0. The van der Waals surface area contributed by atoms with E-state index in [0.29, 0.717) is 0 Å². The van der Waals surface area contributed by atoms with Crippen LogP contribution in [0.3, 0.4) is 0 Å². The number of hydrogen-bond donors (Lipinski definition) is 0. The molecule has 264 valence electrons. The van der Waals surface area contributed by atoms with Crippen LogP contribution in [-0.4, -0.2) is 0 Å². The third kappa shape index (κ3) is 4.79. The molecule has 0 radical (unpaired) electrons. The molecule has 1 fully saturated rings. The average molecular weight is 706 g/mol. The summed E-state index contributed by atoms with van der Waals surface area (Å²) in [6.45, 7) is 4.76. The first kappa shape index (κ1) is 32.3. The highest BCUT2D eigenvalue weighted by Gasteiger charge is 2.45. The zero-order valence-corrected chi connectivity index (χ0v) is 31.5. The average Bonchev–Trinajstić information content (AvgIpc) is 3.91. The van der Waals surface area contributed by atoms with E-state index in [0.717, 1.165) is 11.4 Å². The van der Waals surface area contributed by atoms with Crippen LogP contribution in [0.4, 0.5) is 17.1 Å². The van der Waals surface area contributed by atoms with E-state index in [1.807, 2.05) is 0 Å². The number of rotatable bonds is 5. The van der Waals surface area contributed by atoms with Gasteiger partial charge < -0.3 is 4.90 Å². The van der Waals surface area contributed by atoms with Gasteiger partial charge in [-0.15, -0.1) is 0 Å². The summed E-state index contributed by atoms with van der Waals surface area (Å²) in [5.74, 6) is 0. The van der Waals surface area contributed by atoms with E-state index >= 15 is 0 Å². The highest BCUT2D eigenvalue weighted by atomic mass is 15.1. The van der Waals surface area contributed by atoms with Gasteiger partial charge in [0.2, 0.25) is 0 Å². The van der Waals surface area contributed by atoms with Gasteiger partial charge in [-0.1, -0.05) is 166 Å². The van der Waals surface area contributed by atoms with Gasteiger partial charge in [0.15, 0.2) is 0 Å². The number of fused-ring (bicyclic) bond motifs is 9. The second-order valence-corrected chi connectivity index (χ2v) is 16.4. The van der Waals surface area contributed by atoms with Crippen molar-refractivity contribution in [2.45, 2.75) is 50.4 Å². The molecule has 11 rings (SSSR count). The van der Waals surface area contributed by atoms with E-state index in [2.05, 4.69) is 195 Å². The van der Waals surface area contributed by atoms with Crippen LogP contribution in [0, 0.1) is 0 Å². The molecule has 0 N–H and O–H groups in total. The number of benzene rings is 8. The fraction of sp³-hybridized carbons (Fsp3) is 0.148. The first-order valence-corrected chi connectivity index (χ1v) is 20.0. The van der Waals surface area contributed by atoms with Gasteiger partial charge in [0, 0.05) is 27.9 Å². The maximum atomic E-state index is 2.53. The molecule has 0 heterocycles. The molecule has 1 nitrogen and oxygen atoms in total. The number of anilines is 3. The van der Waals surface area contributed by atoms with Crippen LogP contribution in [0.2, 0.25) is 0 Å². The van der Waals surface area contributed by atoms with Crippen LogP contribution in [0.5, 0.6) is 0 Å². The van der Waals surface area contributed by atoms with Gasteiger partial charge in [-0.2, -0.15) is 0 Å². The normalized spacial score (nSPS) is 15.5. The second-order valence-electron chi connectivity index (χ2n) is 16.4. The molecule has 0 saturated heterocycles. The van der Waals surface area contributed by atoms with Crippen LogP contribution in [0.15, 0.2) is 176 Å². The monoisotopic (exact) mass is 705 g/mol. The van der Waals surface area contributed by atoms with Crippen molar-refractivity contribution >= 4 is 27.8 Å². The number of nitrogens with zero attached hydrogens (tertiary/aromatic N) is 1. The van der Waals surface area contributed by atoms with Crippen LogP contribution in [0.25, 0.3) is 55.3 Å². The summed E-state index contributed by atoms with van der Waals surface area (Å²) in [4.78, 5) is 2.49. The largest absolute Gasteiger partial charge is 0.310 e. The van der Waals surface area contributed by atoms with Gasteiger partial charge in [-0.3, -0.25) is 0 Å². The lowest BCUT2D eigenvalue weighted by molar-refractivity contribution is 0.550. The highest BCUT2D eigenvalue weighted by Crippen LogP contribution is 2.58. The van der Waals surface area contributed by atoms with Crippen molar-refractivity contribution < 1.29 is 0 Å². The maximum absolute atomic E-state index is 2.53. The molecule has 0 bridgehead atoms. The van der Waals surface area contributed by atoms with Crippen LogP contribution >= 0.6 is 0 Å². The summed E-state index contributed by atoms with van der Waals surface area (Å²) >= 11 is 0. The van der Waals surface area contributed by atoms with E-state index in [4.69, 9.17) is 0 Å². The predicted molar refractivity (Wildman–Crippen MR) is 232 cm³/mol. The summed E-state index contributed by atoms with van der Waals surface area (Å²) < 4.78 is 0. The molecule has 0 aliphatic heterocycles. The fourth-order valence-electron chi connectivity index (χ4n) is 10.7. The molecule has 1 spiro atoms. The van der Waals surface area contributed by atoms with Crippen molar-refractivity contribution in [3.63, 3.8) is 0 Å². The van der Waals surface area contributed by atoms with Gasteiger partial charge in [0.05, 0.1) is 0 Å². The van der Waals surface area contributed by atoms with E-state index in [1.165, 1.54) is 109 Å². The lowest BCUT2D eigenvalue weighted by Crippen LogP contribution is -2.21. The van der Waals surface area contributed by atoms with E-state index in [9.17, 15) is 0 Å². The van der Waals surface area contributed by atoms with Crippen molar-refractivity contribution in [3.05, 3.63) is 198 Å². The molecule has 0 aromatic heterocycles. The maximum Gasteiger partial charge on any atom is 0.0467 e. The smallest absolute Gasteiger partial charge is 0.0467 e. The second kappa shape index (κ2) is 12.2. The van der Waals surface area contributed by atoms with Gasteiger partial charge >= 0.3 is 0 Å². The third-order valence-corrected chi connectivity index (χ3v) is 13.2. The predicted octanol–water partition coefficient (Wildman–Crippen LogP) is 14.8. The minimum atomic E-state index is -0.0759. The lowest BCUT2D eigenvalue weighted by atomic mass is 9.76. The summed E-state index contributed by atoms with van der Waals surface area (Å²) in [6.07, 6.45) is 4.99. The Labute approximate surface area is 324 Å². The minimum absolute atomic E-state index is 0.0759. The molecule has 0 unspecified atom stereocenters. The molecule has 8 aromatic rings. The standard InChI is InChI=1S/C54H43N/c1-53(2)49-24-7-5-20-46(49)48-23-13-22-44(52(48)53)37-26-28-39(29-27-37)55(40-17-11-16-38(34-40)43-21-12-15-36-14-3-4-18-42(36)43)41-30-31-47-45-19-6-8-25-50(45)54(51(47)35-41)32-9-10-33-54/h3-8,11-31,34-35H,9-10,32-33H2,1-2H3. The minimum Gasteiger partial charge on any atom is -0.310 e. The topological polar surface area (TPSA) is 3.24 Å². The molecule has 1 heteroatoms. The summed E-state index contributed by atoms with van der Waals surface area (Å²) in [5, 5.41) is 2.54. The van der Waals surface area contributed by atoms with Gasteiger partial charge in [0.1, 0.15) is 0 Å². The lowest BCUT2D eigenvalue weighted by Gasteiger charge is -2.30. The Hall–Kier alpha value is -6.18. The Balaban J connectivity index is 1.07. The molecule has 0 atom stereocenters. The van der Waals surface area contributed by atoms with Crippen LogP contribution < -0.4 is 4.90 Å². The van der Waals surface area contributed by atoms with E-state index in [-0.39, 0.29) is 10.8 Å². The Morgan fingerprint density at radius 3 is 1.82 bits per heavy atom. The molecule has 0 amide bonds. The Kier molecular flexibility index (Phi) is 7.14. The quantitative estimate of drug-likeness (QED) is 0.172. The van der Waals surface area contributed by atoms with Crippen molar-refractivity contribution in [3.8, 4) is 44.5 Å². The molecule has 8 aromatic carbocycles. The van der Waals surface area contributed by atoms with Crippen molar-refractivity contribution in [2.24, 2.45) is 0 Å². The molecular weight excluding hydrogens is 663 g/mol. The molecular formula is C54H43N. The van der Waals surface area contributed by atoms with E-state index in [1.54, 1.807) is 0 Å². The van der Waals surface area contributed by atoms with Crippen molar-refractivity contribution in [2.75, 3.05) is 4.90 Å². The Morgan fingerprint density at radius 2 is 0.982 bits per heavy atom. The summed E-state index contributed by atoms with van der Waals surface area (Å²) in [5.41, 5.74) is 20.0. The van der Waals surface area contributed by atoms with Gasteiger partial charge in [0.25, 0.3) is 0 Å². The van der Waals surface area contributed by atoms with Crippen molar-refractivity contribution in [1.29, 1.82) is 0 Å². The highest BCUT2D eigenvalue weighted by molar-refractivity contribution is 5.98. The Morgan fingerprint density at radius 1 is 0.400 bits per heavy atom. The first-order valence-electron chi connectivity index (χ1n) is 20.0. The SMILES string of the molecule is CC1(C)c2ccccc2-c2cccc(-c3ccc(N(c4cccc(-c5cccc6ccccc56)c4)c4ccc5c(c4)C4(CCCC4)c4ccccc4-5)cc3)c21. The zero-order chi connectivity index (χ0) is 36.7. The Bertz CT molecular complexity index is 2790. The summed E-state index contributed by atoms with van der Waals surface area (Å²) in [6, 6.07) is 66.1. The third-order valence-electron chi connectivity index (χ3n) is 13.2. The van der Waals surface area contributed by atoms with E-state index < -0.39 is 0 Å².